The summed E-state index contributed by atoms with van der Waals surface area (Å²) in [5, 5.41) is 1.73. The van der Waals surface area contributed by atoms with Crippen molar-refractivity contribution in [3.05, 3.63) is 63.8 Å². The van der Waals surface area contributed by atoms with Crippen LogP contribution in [0, 0.1) is 5.82 Å². The first-order valence-electron chi connectivity index (χ1n) is 7.15. The van der Waals surface area contributed by atoms with Crippen LogP contribution in [0.5, 0.6) is 5.75 Å². The zero-order chi connectivity index (χ0) is 17.1. The largest absolute Gasteiger partial charge is 0.492 e. The molecular weight excluding hydrogens is 333 g/mol. The van der Waals surface area contributed by atoms with Crippen LogP contribution in [0.3, 0.4) is 0 Å². The van der Waals surface area contributed by atoms with Crippen molar-refractivity contribution in [3.8, 4) is 5.75 Å². The number of fused-ring (bicyclic) bond motifs is 1. The molecule has 0 unspecified atom stereocenters. The van der Waals surface area contributed by atoms with E-state index in [2.05, 4.69) is 4.98 Å². The molecule has 3 aromatic rings. The van der Waals surface area contributed by atoms with E-state index in [-0.39, 0.29) is 24.5 Å². The maximum atomic E-state index is 12.8. The lowest BCUT2D eigenvalue weighted by Crippen LogP contribution is -2.35. The van der Waals surface area contributed by atoms with Gasteiger partial charge in [0, 0.05) is 24.8 Å². The number of carbonyl (C=O) groups excluding carboxylic acids is 1. The van der Waals surface area contributed by atoms with Crippen LogP contribution < -0.4 is 10.3 Å². The zero-order valence-corrected chi connectivity index (χ0v) is 13.6. The lowest BCUT2D eigenvalue weighted by atomic mass is 10.3. The normalized spacial score (nSPS) is 10.8. The molecule has 0 fully saturated rings. The third-order valence-electron chi connectivity index (χ3n) is 3.43. The SMILES string of the molecule is CN(CCOc1ccc(F)cc1)C(=O)c1cnc2sccn2c1=O. The van der Waals surface area contributed by atoms with Gasteiger partial charge in [-0.25, -0.2) is 9.37 Å². The number of likely N-dealkylation sites (N-methyl/N-ethyl adjacent to an activating group) is 1. The fourth-order valence-electron chi connectivity index (χ4n) is 2.11. The maximum absolute atomic E-state index is 12.8. The first-order valence-corrected chi connectivity index (χ1v) is 8.03. The van der Waals surface area contributed by atoms with Crippen molar-refractivity contribution in [1.29, 1.82) is 0 Å². The third-order valence-corrected chi connectivity index (χ3v) is 4.20. The minimum Gasteiger partial charge on any atom is -0.492 e. The first kappa shape index (κ1) is 16.1. The molecule has 1 aromatic carbocycles. The van der Waals surface area contributed by atoms with Gasteiger partial charge in [0.1, 0.15) is 23.7 Å². The molecule has 0 bridgehead atoms. The molecule has 0 N–H and O–H groups in total. The zero-order valence-electron chi connectivity index (χ0n) is 12.8. The van der Waals surface area contributed by atoms with Gasteiger partial charge < -0.3 is 9.64 Å². The monoisotopic (exact) mass is 347 g/mol. The van der Waals surface area contributed by atoms with Crippen LogP contribution in [0.15, 0.2) is 46.8 Å². The van der Waals surface area contributed by atoms with Crippen LogP contribution in [-0.4, -0.2) is 40.4 Å². The lowest BCUT2D eigenvalue weighted by Gasteiger charge is -2.17. The van der Waals surface area contributed by atoms with Gasteiger partial charge >= 0.3 is 0 Å². The Kier molecular flexibility index (Phi) is 4.57. The van der Waals surface area contributed by atoms with Crippen molar-refractivity contribution in [2.75, 3.05) is 20.2 Å². The van der Waals surface area contributed by atoms with E-state index in [9.17, 15) is 14.0 Å². The summed E-state index contributed by atoms with van der Waals surface area (Å²) < 4.78 is 19.6. The molecule has 124 valence electrons. The summed E-state index contributed by atoms with van der Waals surface area (Å²) >= 11 is 1.32. The molecule has 1 amide bonds. The number of amides is 1. The molecule has 6 nitrogen and oxygen atoms in total. The number of rotatable bonds is 5. The van der Waals surface area contributed by atoms with Gasteiger partial charge in [-0.3, -0.25) is 14.0 Å². The summed E-state index contributed by atoms with van der Waals surface area (Å²) in [5.74, 6) is -0.249. The Hall–Kier alpha value is -2.74. The predicted molar refractivity (Wildman–Crippen MR) is 88.2 cm³/mol. The Bertz CT molecular complexity index is 920. The fourth-order valence-corrected chi connectivity index (χ4v) is 2.78. The van der Waals surface area contributed by atoms with Crippen LogP contribution in [0.1, 0.15) is 10.4 Å². The predicted octanol–water partition coefficient (Wildman–Crippen LogP) is 2.05. The van der Waals surface area contributed by atoms with Gasteiger partial charge in [0.15, 0.2) is 4.96 Å². The molecule has 8 heteroatoms. The minimum absolute atomic E-state index is 0.00943. The Morgan fingerprint density at radius 3 is 2.88 bits per heavy atom. The maximum Gasteiger partial charge on any atom is 0.271 e. The van der Waals surface area contributed by atoms with E-state index in [1.165, 1.54) is 51.1 Å². The highest BCUT2D eigenvalue weighted by Crippen LogP contribution is 2.11. The third kappa shape index (κ3) is 3.28. The van der Waals surface area contributed by atoms with E-state index in [0.29, 0.717) is 10.7 Å². The highest BCUT2D eigenvalue weighted by Gasteiger charge is 2.17. The van der Waals surface area contributed by atoms with Gasteiger partial charge in [-0.15, -0.1) is 11.3 Å². The van der Waals surface area contributed by atoms with Crippen LogP contribution in [0.25, 0.3) is 4.96 Å². The minimum atomic E-state index is -0.421. The molecule has 2 heterocycles. The van der Waals surface area contributed by atoms with Crippen LogP contribution in [0.2, 0.25) is 0 Å². The molecule has 3 rings (SSSR count). The second kappa shape index (κ2) is 6.79. The Labute approximate surface area is 140 Å². The van der Waals surface area contributed by atoms with Gasteiger partial charge in [0.05, 0.1) is 6.54 Å². The molecule has 0 saturated carbocycles. The number of benzene rings is 1. The molecule has 0 aliphatic rings. The van der Waals surface area contributed by atoms with Crippen molar-refractivity contribution in [3.63, 3.8) is 0 Å². The molecule has 0 saturated heterocycles. The highest BCUT2D eigenvalue weighted by molar-refractivity contribution is 7.15. The topological polar surface area (TPSA) is 63.9 Å². The van der Waals surface area contributed by atoms with Crippen molar-refractivity contribution in [2.24, 2.45) is 0 Å². The quantitative estimate of drug-likeness (QED) is 0.709. The molecule has 0 spiro atoms. The number of nitrogens with zero attached hydrogens (tertiary/aromatic N) is 3. The van der Waals surface area contributed by atoms with Crippen molar-refractivity contribution in [2.45, 2.75) is 0 Å². The number of hydrogen-bond acceptors (Lipinski definition) is 5. The Balaban J connectivity index is 1.64. The van der Waals surface area contributed by atoms with E-state index in [1.54, 1.807) is 18.6 Å². The Morgan fingerprint density at radius 2 is 2.12 bits per heavy atom. The second-order valence-electron chi connectivity index (χ2n) is 5.06. The number of hydrogen-bond donors (Lipinski definition) is 0. The molecule has 0 atom stereocenters. The van der Waals surface area contributed by atoms with Crippen LogP contribution in [-0.2, 0) is 0 Å². The van der Waals surface area contributed by atoms with Crippen LogP contribution >= 0.6 is 11.3 Å². The fraction of sp³-hybridized carbons (Fsp3) is 0.188. The number of ether oxygens (including phenoxy) is 1. The van der Waals surface area contributed by atoms with Gasteiger partial charge in [-0.05, 0) is 24.3 Å². The number of halogens is 1. The lowest BCUT2D eigenvalue weighted by molar-refractivity contribution is 0.0771. The van der Waals surface area contributed by atoms with Gasteiger partial charge in [-0.2, -0.15) is 0 Å². The van der Waals surface area contributed by atoms with Gasteiger partial charge in [0.25, 0.3) is 11.5 Å². The molecule has 0 aliphatic carbocycles. The van der Waals surface area contributed by atoms with E-state index in [4.69, 9.17) is 4.74 Å². The standard InChI is InChI=1S/C16H14FN3O3S/c1-19(6-8-23-12-4-2-11(17)3-5-12)14(21)13-10-18-16-20(15(13)22)7-9-24-16/h2-5,7,9-10H,6,8H2,1H3. The van der Waals surface area contributed by atoms with Gasteiger partial charge in [-0.1, -0.05) is 0 Å². The smallest absolute Gasteiger partial charge is 0.271 e. The molecule has 0 radical (unpaired) electrons. The van der Waals surface area contributed by atoms with Crippen molar-refractivity contribution < 1.29 is 13.9 Å². The van der Waals surface area contributed by atoms with E-state index in [0.717, 1.165) is 0 Å². The summed E-state index contributed by atoms with van der Waals surface area (Å²) in [7, 11) is 1.58. The van der Waals surface area contributed by atoms with Crippen LogP contribution in [0.4, 0.5) is 4.39 Å². The first-order chi connectivity index (χ1) is 11.6. The number of carbonyl (C=O) groups is 1. The summed E-state index contributed by atoms with van der Waals surface area (Å²) in [5.41, 5.74) is -0.382. The Morgan fingerprint density at radius 1 is 1.38 bits per heavy atom. The molecule has 0 aliphatic heterocycles. The van der Waals surface area contributed by atoms with Crippen molar-refractivity contribution >= 4 is 22.2 Å². The summed E-state index contributed by atoms with van der Waals surface area (Å²) in [6.07, 6.45) is 2.89. The van der Waals surface area contributed by atoms with E-state index in [1.807, 2.05) is 0 Å². The molecular formula is C16H14FN3O3S. The van der Waals surface area contributed by atoms with Crippen molar-refractivity contribution in [1.82, 2.24) is 14.3 Å². The average Bonchev–Trinajstić information content (AvgIpc) is 3.06. The summed E-state index contributed by atoms with van der Waals surface area (Å²) in [6.45, 7) is 0.505. The highest BCUT2D eigenvalue weighted by atomic mass is 32.1. The molecule has 24 heavy (non-hydrogen) atoms. The summed E-state index contributed by atoms with van der Waals surface area (Å²) in [4.78, 5) is 30.7. The number of thiazole rings is 1. The average molecular weight is 347 g/mol. The summed E-state index contributed by atoms with van der Waals surface area (Å²) in [6, 6.07) is 5.62. The molecule has 2 aromatic heterocycles. The van der Waals surface area contributed by atoms with E-state index >= 15 is 0 Å². The van der Waals surface area contributed by atoms with Gasteiger partial charge in [0.2, 0.25) is 0 Å². The number of aromatic nitrogens is 2. The second-order valence-corrected chi connectivity index (χ2v) is 5.93. The van der Waals surface area contributed by atoms with E-state index < -0.39 is 11.5 Å².